The molecule has 1 aliphatic heterocycles. The number of amides is 1. The number of ether oxygens (including phenoxy) is 1. The van der Waals surface area contributed by atoms with E-state index in [-0.39, 0.29) is 6.42 Å². The van der Waals surface area contributed by atoms with Crippen LogP contribution in [0.1, 0.15) is 15.9 Å². The number of aliphatic hydroxyl groups is 1. The first-order valence-electron chi connectivity index (χ1n) is 5.76. The standard InChI is InChI=1S/C13H15NO5/c1-18-12(17)13(8-15)7-9-5-3-4-6-10(9)11(16)14(13)19-2/h3-6,15H,7-8H2,1-2H3/t13-/m0/s1. The number of carbonyl (C=O) groups is 2. The average Bonchev–Trinajstić information content (AvgIpc) is 2.46. The molecular formula is C13H15NO5. The Balaban J connectivity index is 2.57. The van der Waals surface area contributed by atoms with Crippen LogP contribution in [0.5, 0.6) is 0 Å². The lowest BCUT2D eigenvalue weighted by Crippen LogP contribution is -2.63. The van der Waals surface area contributed by atoms with Crippen molar-refractivity contribution in [1.82, 2.24) is 5.06 Å². The van der Waals surface area contributed by atoms with E-state index in [9.17, 15) is 14.7 Å². The molecule has 0 aliphatic carbocycles. The molecule has 19 heavy (non-hydrogen) atoms. The van der Waals surface area contributed by atoms with Gasteiger partial charge in [0.2, 0.25) is 0 Å². The molecule has 2 rings (SSSR count). The number of rotatable bonds is 3. The Labute approximate surface area is 110 Å². The van der Waals surface area contributed by atoms with Crippen LogP contribution in [0, 0.1) is 0 Å². The van der Waals surface area contributed by atoms with E-state index in [0.29, 0.717) is 11.1 Å². The maximum Gasteiger partial charge on any atom is 0.337 e. The predicted molar refractivity (Wildman–Crippen MR) is 65.2 cm³/mol. The van der Waals surface area contributed by atoms with Gasteiger partial charge in [0.15, 0.2) is 5.54 Å². The van der Waals surface area contributed by atoms with E-state index < -0.39 is 24.0 Å². The molecule has 0 aromatic heterocycles. The van der Waals surface area contributed by atoms with Gasteiger partial charge in [-0.25, -0.2) is 4.79 Å². The van der Waals surface area contributed by atoms with Crippen molar-refractivity contribution in [2.45, 2.75) is 12.0 Å². The Kier molecular flexibility index (Phi) is 3.55. The summed E-state index contributed by atoms with van der Waals surface area (Å²) in [6, 6.07) is 6.90. The summed E-state index contributed by atoms with van der Waals surface area (Å²) in [5.74, 6) is -1.18. The third-order valence-electron chi connectivity index (χ3n) is 3.31. The summed E-state index contributed by atoms with van der Waals surface area (Å²) in [5.41, 5.74) is -0.396. The van der Waals surface area contributed by atoms with Gasteiger partial charge in [-0.05, 0) is 11.6 Å². The van der Waals surface area contributed by atoms with Crippen LogP contribution >= 0.6 is 0 Å². The van der Waals surface area contributed by atoms with Gasteiger partial charge in [-0.2, -0.15) is 5.06 Å². The molecule has 0 unspecified atom stereocenters. The number of hydrogen-bond donors (Lipinski definition) is 1. The van der Waals surface area contributed by atoms with Gasteiger partial charge in [0.1, 0.15) is 0 Å². The lowest BCUT2D eigenvalue weighted by Gasteiger charge is -2.41. The first-order valence-corrected chi connectivity index (χ1v) is 5.76. The molecule has 6 nitrogen and oxygen atoms in total. The summed E-state index contributed by atoms with van der Waals surface area (Å²) < 4.78 is 4.71. The molecule has 1 atom stereocenters. The number of fused-ring (bicyclic) bond motifs is 1. The maximum absolute atomic E-state index is 12.3. The fourth-order valence-corrected chi connectivity index (χ4v) is 2.36. The average molecular weight is 265 g/mol. The number of esters is 1. The summed E-state index contributed by atoms with van der Waals surface area (Å²) in [4.78, 5) is 29.3. The van der Waals surface area contributed by atoms with Crippen molar-refractivity contribution in [3.8, 4) is 0 Å². The number of aliphatic hydroxyl groups excluding tert-OH is 1. The van der Waals surface area contributed by atoms with Gasteiger partial charge in [0.05, 0.1) is 20.8 Å². The summed E-state index contributed by atoms with van der Waals surface area (Å²) in [6.45, 7) is -0.576. The van der Waals surface area contributed by atoms with Crippen LogP contribution in [-0.2, 0) is 20.8 Å². The van der Waals surface area contributed by atoms with Crippen LogP contribution in [0.3, 0.4) is 0 Å². The molecule has 1 aliphatic rings. The molecule has 1 aromatic rings. The fourth-order valence-electron chi connectivity index (χ4n) is 2.36. The molecule has 0 saturated carbocycles. The molecule has 1 aromatic carbocycles. The second kappa shape index (κ2) is 4.99. The van der Waals surface area contributed by atoms with Gasteiger partial charge in [0, 0.05) is 12.0 Å². The van der Waals surface area contributed by atoms with E-state index in [0.717, 1.165) is 5.06 Å². The zero-order valence-electron chi connectivity index (χ0n) is 10.8. The molecule has 6 heteroatoms. The number of benzene rings is 1. The number of hydrogen-bond acceptors (Lipinski definition) is 5. The Hall–Kier alpha value is -1.92. The van der Waals surface area contributed by atoms with E-state index in [2.05, 4.69) is 0 Å². The minimum atomic E-state index is -1.53. The van der Waals surface area contributed by atoms with Gasteiger partial charge in [-0.15, -0.1) is 0 Å². The van der Waals surface area contributed by atoms with Crippen LogP contribution in [0.25, 0.3) is 0 Å². The predicted octanol–water partition coefficient (Wildman–Crippen LogP) is 0.150. The highest BCUT2D eigenvalue weighted by molar-refractivity contribution is 6.01. The number of nitrogens with zero attached hydrogens (tertiary/aromatic N) is 1. The van der Waals surface area contributed by atoms with Crippen molar-refractivity contribution in [2.75, 3.05) is 20.8 Å². The third kappa shape index (κ3) is 1.89. The smallest absolute Gasteiger partial charge is 0.337 e. The summed E-state index contributed by atoms with van der Waals surface area (Å²) >= 11 is 0. The zero-order valence-corrected chi connectivity index (χ0v) is 10.8. The fraction of sp³-hybridized carbons (Fsp3) is 0.385. The van der Waals surface area contributed by atoms with Crippen molar-refractivity contribution >= 4 is 11.9 Å². The highest BCUT2D eigenvalue weighted by Crippen LogP contribution is 2.31. The van der Waals surface area contributed by atoms with Crippen molar-refractivity contribution < 1.29 is 24.3 Å². The lowest BCUT2D eigenvalue weighted by atomic mass is 9.84. The van der Waals surface area contributed by atoms with Crippen molar-refractivity contribution in [3.05, 3.63) is 35.4 Å². The van der Waals surface area contributed by atoms with E-state index in [4.69, 9.17) is 9.57 Å². The SMILES string of the molecule is COC(=O)[C@@]1(CO)Cc2ccccc2C(=O)N1OC. The quantitative estimate of drug-likeness (QED) is 0.787. The second-order valence-electron chi connectivity index (χ2n) is 4.30. The minimum absolute atomic E-state index is 0.145. The van der Waals surface area contributed by atoms with E-state index in [1.54, 1.807) is 24.3 Å². The van der Waals surface area contributed by atoms with E-state index in [1.165, 1.54) is 14.2 Å². The highest BCUT2D eigenvalue weighted by Gasteiger charge is 2.52. The van der Waals surface area contributed by atoms with Gasteiger partial charge in [0.25, 0.3) is 5.91 Å². The Morgan fingerprint density at radius 3 is 2.68 bits per heavy atom. The molecule has 0 fully saturated rings. The Bertz CT molecular complexity index is 516. The monoisotopic (exact) mass is 265 g/mol. The Morgan fingerprint density at radius 1 is 1.42 bits per heavy atom. The van der Waals surface area contributed by atoms with Crippen molar-refractivity contribution in [3.63, 3.8) is 0 Å². The van der Waals surface area contributed by atoms with Crippen molar-refractivity contribution in [2.24, 2.45) is 0 Å². The van der Waals surface area contributed by atoms with E-state index >= 15 is 0 Å². The summed E-state index contributed by atoms with van der Waals surface area (Å²) in [7, 11) is 2.48. The van der Waals surface area contributed by atoms with Crippen molar-refractivity contribution in [1.29, 1.82) is 0 Å². The van der Waals surface area contributed by atoms with Crippen LogP contribution in [-0.4, -0.2) is 48.4 Å². The minimum Gasteiger partial charge on any atom is -0.467 e. The largest absolute Gasteiger partial charge is 0.467 e. The third-order valence-corrected chi connectivity index (χ3v) is 3.31. The molecule has 1 amide bonds. The molecule has 1 heterocycles. The van der Waals surface area contributed by atoms with Crippen LogP contribution < -0.4 is 0 Å². The topological polar surface area (TPSA) is 76.1 Å². The second-order valence-corrected chi connectivity index (χ2v) is 4.30. The molecule has 1 N–H and O–H groups in total. The Morgan fingerprint density at radius 2 is 2.11 bits per heavy atom. The molecule has 0 radical (unpaired) electrons. The molecule has 0 spiro atoms. The zero-order chi connectivity index (χ0) is 14.0. The summed E-state index contributed by atoms with van der Waals surface area (Å²) in [5, 5.41) is 10.5. The van der Waals surface area contributed by atoms with Gasteiger partial charge in [-0.1, -0.05) is 18.2 Å². The lowest BCUT2D eigenvalue weighted by molar-refractivity contribution is -0.201. The van der Waals surface area contributed by atoms with Gasteiger partial charge < -0.3 is 9.84 Å². The van der Waals surface area contributed by atoms with Crippen LogP contribution in [0.15, 0.2) is 24.3 Å². The number of carbonyl (C=O) groups excluding carboxylic acids is 2. The van der Waals surface area contributed by atoms with E-state index in [1.807, 2.05) is 0 Å². The first kappa shape index (κ1) is 13.5. The normalized spacial score (nSPS) is 22.1. The molecule has 0 bridgehead atoms. The molecule has 102 valence electrons. The molecule has 0 saturated heterocycles. The van der Waals surface area contributed by atoms with Gasteiger partial charge >= 0.3 is 5.97 Å². The molecular weight excluding hydrogens is 250 g/mol. The highest BCUT2D eigenvalue weighted by atomic mass is 16.7. The van der Waals surface area contributed by atoms with Crippen LogP contribution in [0.4, 0.5) is 0 Å². The first-order chi connectivity index (χ1) is 9.10. The maximum atomic E-state index is 12.3. The summed E-state index contributed by atoms with van der Waals surface area (Å²) in [6.07, 6.45) is 0.145. The van der Waals surface area contributed by atoms with Crippen LogP contribution in [0.2, 0.25) is 0 Å². The van der Waals surface area contributed by atoms with Gasteiger partial charge in [-0.3, -0.25) is 9.63 Å². The number of hydroxylamine groups is 2. The number of methoxy groups -OCH3 is 1.